The molecule has 0 saturated carbocycles. The lowest BCUT2D eigenvalue weighted by molar-refractivity contribution is -0.150. The zero-order chi connectivity index (χ0) is 28.7. The number of allylic oxidation sites excluding steroid dienone is 3. The fourth-order valence-corrected chi connectivity index (χ4v) is 4.15. The molecule has 3 atom stereocenters. The van der Waals surface area contributed by atoms with Crippen LogP contribution in [0.2, 0.25) is 0 Å². The van der Waals surface area contributed by atoms with Crippen molar-refractivity contribution in [2.75, 3.05) is 20.7 Å². The number of nitrogens with one attached hydrogen (secondary N) is 3. The van der Waals surface area contributed by atoms with Crippen molar-refractivity contribution in [3.05, 3.63) is 24.3 Å². The summed E-state index contributed by atoms with van der Waals surface area (Å²) in [5.74, 6) is -1.54. The molecule has 10 nitrogen and oxygen atoms in total. The number of nitrogens with zero attached hydrogens (tertiary/aromatic N) is 2. The predicted octanol–water partition coefficient (Wildman–Crippen LogP) is 2.84. The van der Waals surface area contributed by atoms with Gasteiger partial charge in [-0.1, -0.05) is 39.3 Å². The van der Waals surface area contributed by atoms with E-state index >= 15 is 0 Å². The van der Waals surface area contributed by atoms with Crippen LogP contribution in [0.4, 0.5) is 0 Å². The summed E-state index contributed by atoms with van der Waals surface area (Å²) in [6, 6.07) is -2.17. The Morgan fingerprint density at radius 3 is 2.34 bits per heavy atom. The molecule has 0 bridgehead atoms. The van der Waals surface area contributed by atoms with E-state index in [4.69, 9.17) is 4.74 Å². The Labute approximate surface area is 227 Å². The van der Waals surface area contributed by atoms with Gasteiger partial charge in [0, 0.05) is 25.7 Å². The van der Waals surface area contributed by atoms with E-state index in [1.165, 1.54) is 12.1 Å². The molecule has 1 aliphatic heterocycles. The third-order valence-electron chi connectivity index (χ3n) is 6.52. The van der Waals surface area contributed by atoms with Gasteiger partial charge in [-0.15, -0.1) is 0 Å². The first-order valence-corrected chi connectivity index (χ1v) is 13.6. The number of carbonyl (C=O) groups excluding carboxylic acids is 4. The fourth-order valence-electron chi connectivity index (χ4n) is 4.15. The van der Waals surface area contributed by atoms with E-state index in [2.05, 4.69) is 27.6 Å². The van der Waals surface area contributed by atoms with Crippen LogP contribution in [-0.4, -0.2) is 73.2 Å². The molecule has 1 aliphatic rings. The van der Waals surface area contributed by atoms with Crippen LogP contribution >= 0.6 is 0 Å². The van der Waals surface area contributed by atoms with Crippen molar-refractivity contribution in [1.29, 1.82) is 0 Å². The number of esters is 1. The number of rotatable bonds is 15. The van der Waals surface area contributed by atoms with Crippen molar-refractivity contribution in [3.8, 4) is 0 Å². The molecule has 0 aliphatic carbocycles. The average Bonchev–Trinajstić information content (AvgIpc) is 2.91. The van der Waals surface area contributed by atoms with Gasteiger partial charge in [0.1, 0.15) is 18.1 Å². The lowest BCUT2D eigenvalue weighted by Crippen LogP contribution is -2.60. The zero-order valence-corrected chi connectivity index (χ0v) is 24.0. The van der Waals surface area contributed by atoms with Crippen molar-refractivity contribution < 1.29 is 23.9 Å². The van der Waals surface area contributed by atoms with Gasteiger partial charge >= 0.3 is 5.97 Å². The molecule has 38 heavy (non-hydrogen) atoms. The van der Waals surface area contributed by atoms with Crippen LogP contribution in [-0.2, 0) is 23.9 Å². The maximum atomic E-state index is 12.9. The van der Waals surface area contributed by atoms with E-state index in [-0.39, 0.29) is 17.7 Å². The van der Waals surface area contributed by atoms with Gasteiger partial charge in [0.15, 0.2) is 0 Å². The van der Waals surface area contributed by atoms with Crippen LogP contribution in [0.15, 0.2) is 29.3 Å². The number of methoxy groups -OCH3 is 1. The van der Waals surface area contributed by atoms with Gasteiger partial charge in [-0.25, -0.2) is 5.43 Å². The number of hydrazine groups is 1. The van der Waals surface area contributed by atoms with Gasteiger partial charge in [-0.3, -0.25) is 29.2 Å². The third-order valence-corrected chi connectivity index (χ3v) is 6.52. The number of ether oxygens (including phenoxy) is 1. The van der Waals surface area contributed by atoms with Crippen molar-refractivity contribution in [2.24, 2.45) is 10.9 Å². The molecule has 1 rings (SSSR count). The van der Waals surface area contributed by atoms with Crippen LogP contribution in [0.3, 0.4) is 0 Å². The van der Waals surface area contributed by atoms with E-state index in [1.807, 2.05) is 26.8 Å². The van der Waals surface area contributed by atoms with Gasteiger partial charge in [0.2, 0.25) is 11.8 Å². The maximum absolute atomic E-state index is 12.9. The van der Waals surface area contributed by atoms with Gasteiger partial charge < -0.3 is 15.4 Å². The summed E-state index contributed by atoms with van der Waals surface area (Å²) in [6.45, 7) is 11.5. The van der Waals surface area contributed by atoms with Crippen LogP contribution in [0.1, 0.15) is 79.1 Å². The molecule has 0 unspecified atom stereocenters. The highest BCUT2D eigenvalue weighted by molar-refractivity contribution is 5.95. The number of amides is 3. The van der Waals surface area contributed by atoms with Crippen LogP contribution in [0.25, 0.3) is 0 Å². The molecule has 1 fully saturated rings. The van der Waals surface area contributed by atoms with E-state index < -0.39 is 30.0 Å². The SMILES string of the molecule is C=C/C(C)=C/C(CCCCCCC(=O)N[C@H](C(=O)N[C@@H](C)C(=O)N1CCC[C@@H](C(=O)OC)N1)C(C)C)=NC. The minimum absolute atomic E-state index is 0.156. The Kier molecular flexibility index (Phi) is 15.2. The van der Waals surface area contributed by atoms with E-state index in [0.29, 0.717) is 25.8 Å². The standard InChI is InChI=1S/C28H47N5O5/c1-8-20(4)18-22(29-6)14-11-9-10-12-16-24(34)31-25(19(2)3)26(35)30-21(5)27(36)33-17-13-15-23(32-33)28(37)38-7/h8,18-19,21,23,25,32H,1,9-17H2,2-7H3,(H,30,35)(H,31,34)/b20-18+,29-22?/t21-,23-,25-/m0/s1. The molecule has 3 N–H and O–H groups in total. The van der Waals surface area contributed by atoms with Crippen molar-refractivity contribution >= 4 is 29.4 Å². The Balaban J connectivity index is 2.48. The number of carbonyl (C=O) groups is 4. The molecule has 0 aromatic carbocycles. The summed E-state index contributed by atoms with van der Waals surface area (Å²) < 4.78 is 4.76. The third kappa shape index (κ3) is 11.6. The van der Waals surface area contributed by atoms with E-state index in [9.17, 15) is 19.2 Å². The minimum atomic E-state index is -0.828. The molecule has 3 amide bonds. The second-order valence-electron chi connectivity index (χ2n) is 10.1. The summed E-state index contributed by atoms with van der Waals surface area (Å²) in [5, 5.41) is 6.90. The Morgan fingerprint density at radius 1 is 1.11 bits per heavy atom. The summed E-state index contributed by atoms with van der Waals surface area (Å²) in [6.07, 6.45) is 9.89. The topological polar surface area (TPSA) is 129 Å². The second kappa shape index (κ2) is 17.5. The van der Waals surface area contributed by atoms with Gasteiger partial charge in [-0.2, -0.15) is 0 Å². The largest absolute Gasteiger partial charge is 0.468 e. The summed E-state index contributed by atoms with van der Waals surface area (Å²) >= 11 is 0. The summed E-state index contributed by atoms with van der Waals surface area (Å²) in [7, 11) is 3.09. The second-order valence-corrected chi connectivity index (χ2v) is 10.1. The zero-order valence-electron chi connectivity index (χ0n) is 24.0. The molecular weight excluding hydrogens is 486 g/mol. The fraction of sp³-hybridized carbons (Fsp3) is 0.679. The first kappa shape index (κ1) is 33.0. The maximum Gasteiger partial charge on any atom is 0.324 e. The number of hydrogen-bond donors (Lipinski definition) is 3. The molecule has 0 spiro atoms. The first-order valence-electron chi connectivity index (χ1n) is 13.6. The Bertz CT molecular complexity index is 883. The molecule has 1 saturated heterocycles. The highest BCUT2D eigenvalue weighted by Gasteiger charge is 2.32. The summed E-state index contributed by atoms with van der Waals surface area (Å²) in [5.41, 5.74) is 5.00. The molecule has 0 aromatic heterocycles. The molecule has 10 heteroatoms. The predicted molar refractivity (Wildman–Crippen MR) is 149 cm³/mol. The van der Waals surface area contributed by atoms with Crippen LogP contribution in [0.5, 0.6) is 0 Å². The smallest absolute Gasteiger partial charge is 0.324 e. The Hall–Kier alpha value is -3.01. The quantitative estimate of drug-likeness (QED) is 0.128. The number of hydrogen-bond acceptors (Lipinski definition) is 7. The van der Waals surface area contributed by atoms with Gasteiger partial charge in [-0.05, 0) is 63.5 Å². The lowest BCUT2D eigenvalue weighted by Gasteiger charge is -2.34. The molecule has 0 radical (unpaired) electrons. The molecule has 0 aromatic rings. The molecular formula is C28H47N5O5. The highest BCUT2D eigenvalue weighted by Crippen LogP contribution is 2.12. The average molecular weight is 534 g/mol. The first-order chi connectivity index (χ1) is 18.0. The van der Waals surface area contributed by atoms with Crippen molar-refractivity contribution in [1.82, 2.24) is 21.1 Å². The van der Waals surface area contributed by atoms with Crippen molar-refractivity contribution in [3.63, 3.8) is 0 Å². The summed E-state index contributed by atoms with van der Waals surface area (Å²) in [4.78, 5) is 54.5. The molecule has 1 heterocycles. The van der Waals surface area contributed by atoms with Crippen LogP contribution < -0.4 is 16.1 Å². The van der Waals surface area contributed by atoms with Gasteiger partial charge in [0.25, 0.3) is 5.91 Å². The van der Waals surface area contributed by atoms with Gasteiger partial charge in [0.05, 0.1) is 7.11 Å². The monoisotopic (exact) mass is 533 g/mol. The van der Waals surface area contributed by atoms with E-state index in [0.717, 1.165) is 43.4 Å². The van der Waals surface area contributed by atoms with Crippen LogP contribution in [0, 0.1) is 5.92 Å². The molecule has 214 valence electrons. The lowest BCUT2D eigenvalue weighted by atomic mass is 10.0. The van der Waals surface area contributed by atoms with Crippen molar-refractivity contribution in [2.45, 2.75) is 97.2 Å². The Morgan fingerprint density at radius 2 is 1.76 bits per heavy atom. The van der Waals surface area contributed by atoms with E-state index in [1.54, 1.807) is 20.0 Å². The highest BCUT2D eigenvalue weighted by atomic mass is 16.5. The normalized spacial score (nSPS) is 18.0. The number of aliphatic imine (C=N–C) groups is 1. The number of unbranched alkanes of at least 4 members (excludes halogenated alkanes) is 3. The minimum Gasteiger partial charge on any atom is -0.468 e.